The van der Waals surface area contributed by atoms with E-state index in [1.54, 1.807) is 31.6 Å². The average Bonchev–Trinajstić information content (AvgIpc) is 3.52. The van der Waals surface area contributed by atoms with Crippen LogP contribution < -0.4 is 14.4 Å². The zero-order valence-electron chi connectivity index (χ0n) is 29.7. The molecule has 50 heavy (non-hydrogen) atoms. The number of aromatic nitrogens is 1. The van der Waals surface area contributed by atoms with Crippen molar-refractivity contribution in [2.45, 2.75) is 77.4 Å². The van der Waals surface area contributed by atoms with Crippen LogP contribution in [0.3, 0.4) is 0 Å². The van der Waals surface area contributed by atoms with Gasteiger partial charge in [0.15, 0.2) is 0 Å². The first-order valence-corrected chi connectivity index (χ1v) is 19.9. The van der Waals surface area contributed by atoms with Crippen molar-refractivity contribution in [2.24, 2.45) is 22.1 Å². The first kappa shape index (κ1) is 34.6. The molecule has 7 rings (SSSR count). The summed E-state index contributed by atoms with van der Waals surface area (Å²) < 4.78 is 36.1. The minimum Gasteiger partial charge on any atom is -0.490 e. The van der Waals surface area contributed by atoms with Gasteiger partial charge in [0, 0.05) is 50.1 Å². The fourth-order valence-electron chi connectivity index (χ4n) is 8.50. The van der Waals surface area contributed by atoms with E-state index >= 15 is 0 Å². The Morgan fingerprint density at radius 2 is 2.04 bits per heavy atom. The maximum absolute atomic E-state index is 14.5. The van der Waals surface area contributed by atoms with Crippen molar-refractivity contribution in [3.8, 4) is 5.75 Å². The number of ether oxygens (including phenoxy) is 2. The van der Waals surface area contributed by atoms with Gasteiger partial charge in [-0.05, 0) is 106 Å². The van der Waals surface area contributed by atoms with Crippen molar-refractivity contribution < 1.29 is 23.3 Å². The third kappa shape index (κ3) is 6.89. The van der Waals surface area contributed by atoms with Crippen LogP contribution in [0, 0.1) is 24.7 Å². The molecule has 2 aliphatic carbocycles. The molecular weight excluding hydrogens is 649 g/mol. The van der Waals surface area contributed by atoms with Crippen molar-refractivity contribution in [1.29, 1.82) is 0 Å². The van der Waals surface area contributed by atoms with E-state index in [0.29, 0.717) is 42.5 Å². The number of hydrogen-bond donors (Lipinski definition) is 1. The minimum atomic E-state index is -3.48. The Morgan fingerprint density at radius 1 is 1.18 bits per heavy atom. The number of amides is 2. The van der Waals surface area contributed by atoms with Crippen LogP contribution >= 0.6 is 0 Å². The number of benzene rings is 2. The second kappa shape index (κ2) is 14.0. The van der Waals surface area contributed by atoms with Gasteiger partial charge in [0.2, 0.25) is 0 Å². The topological polar surface area (TPSA) is 102 Å². The van der Waals surface area contributed by atoms with Gasteiger partial charge < -0.3 is 18.9 Å². The highest BCUT2D eigenvalue weighted by atomic mass is 32.2. The van der Waals surface area contributed by atoms with Crippen LogP contribution in [-0.4, -0.2) is 59.3 Å². The molecule has 1 N–H and O–H groups in total. The molecule has 1 unspecified atom stereocenters. The number of rotatable bonds is 4. The monoisotopic (exact) mass is 698 g/mol. The Hall–Kier alpha value is -3.89. The molecule has 4 aliphatic rings. The second-order valence-corrected chi connectivity index (χ2v) is 17.0. The normalized spacial score (nSPS) is 30.2. The van der Waals surface area contributed by atoms with E-state index in [4.69, 9.17) is 9.47 Å². The fraction of sp³-hybridized carbons (Fsp3) is 0.500. The summed E-state index contributed by atoms with van der Waals surface area (Å²) in [4.78, 5) is 29.8. The van der Waals surface area contributed by atoms with Crippen LogP contribution in [-0.2, 0) is 33.0 Å². The summed E-state index contributed by atoms with van der Waals surface area (Å²) in [6.45, 7) is 8.94. The van der Waals surface area contributed by atoms with Gasteiger partial charge in [-0.1, -0.05) is 42.8 Å². The Balaban J connectivity index is 1.30. The van der Waals surface area contributed by atoms with Gasteiger partial charge in [-0.25, -0.2) is 4.21 Å². The summed E-state index contributed by atoms with van der Waals surface area (Å²) in [5, 5.41) is 0. The first-order valence-electron chi connectivity index (χ1n) is 18.2. The lowest BCUT2D eigenvalue weighted by atomic mass is 9.68. The van der Waals surface area contributed by atoms with Gasteiger partial charge >= 0.3 is 0 Å². The van der Waals surface area contributed by atoms with Gasteiger partial charge in [0.25, 0.3) is 11.8 Å². The zero-order chi connectivity index (χ0) is 35.0. The number of aryl methyl sites for hydroxylation is 3. The molecule has 3 heterocycles. The van der Waals surface area contributed by atoms with Gasteiger partial charge in [-0.2, -0.15) is 0 Å². The first-order chi connectivity index (χ1) is 24.1. The van der Waals surface area contributed by atoms with Crippen molar-refractivity contribution in [3.05, 3.63) is 94.8 Å². The number of methoxy groups -OCH3 is 1. The summed E-state index contributed by atoms with van der Waals surface area (Å²) in [6.07, 6.45) is 13.7. The molecule has 2 bridgehead atoms. The number of nitrogens with zero attached hydrogens (tertiary/aromatic N) is 3. The number of allylic oxidation sites excluding steroid dienone is 1. The maximum Gasteiger partial charge on any atom is 0.286 e. The highest BCUT2D eigenvalue weighted by Crippen LogP contribution is 2.47. The highest BCUT2D eigenvalue weighted by Gasteiger charge is 2.44. The van der Waals surface area contributed by atoms with Crippen LogP contribution in [0.4, 0.5) is 5.69 Å². The van der Waals surface area contributed by atoms with Crippen LogP contribution in [0.15, 0.2) is 71.4 Å². The summed E-state index contributed by atoms with van der Waals surface area (Å²) in [6, 6.07) is 14.0. The molecule has 1 fully saturated rings. The Labute approximate surface area is 296 Å². The lowest BCUT2D eigenvalue weighted by molar-refractivity contribution is 0.0131. The number of hydrogen-bond acceptors (Lipinski definition) is 6. The lowest BCUT2D eigenvalue weighted by Crippen LogP contribution is -2.49. The molecule has 9 nitrogen and oxygen atoms in total. The third-order valence-corrected chi connectivity index (χ3v) is 13.3. The van der Waals surface area contributed by atoms with Crippen LogP contribution in [0.5, 0.6) is 5.75 Å². The van der Waals surface area contributed by atoms with E-state index in [1.165, 1.54) is 16.7 Å². The summed E-state index contributed by atoms with van der Waals surface area (Å²) in [5.74, 6) is 0.309. The van der Waals surface area contributed by atoms with E-state index in [-0.39, 0.29) is 23.2 Å². The molecule has 10 heteroatoms. The predicted molar refractivity (Wildman–Crippen MR) is 197 cm³/mol. The Bertz CT molecular complexity index is 1930. The van der Waals surface area contributed by atoms with Crippen molar-refractivity contribution >= 4 is 27.4 Å². The fourth-order valence-corrected chi connectivity index (χ4v) is 10.4. The molecule has 2 aromatic carbocycles. The van der Waals surface area contributed by atoms with Gasteiger partial charge in [0.1, 0.15) is 15.7 Å². The Kier molecular flexibility index (Phi) is 9.69. The van der Waals surface area contributed by atoms with E-state index in [1.807, 2.05) is 30.5 Å². The summed E-state index contributed by atoms with van der Waals surface area (Å²) >= 11 is 0. The van der Waals surface area contributed by atoms with E-state index in [9.17, 15) is 13.8 Å². The zero-order valence-corrected chi connectivity index (χ0v) is 30.5. The molecule has 3 aromatic rings. The molecule has 6 atom stereocenters. The number of nitrogens with one attached hydrogen (secondary N) is 1. The highest BCUT2D eigenvalue weighted by molar-refractivity contribution is 7.92. The molecular formula is C40H50N4O5S. The molecule has 0 saturated heterocycles. The van der Waals surface area contributed by atoms with Gasteiger partial charge in [0.05, 0.1) is 29.7 Å². The molecule has 266 valence electrons. The van der Waals surface area contributed by atoms with Crippen molar-refractivity contribution in [1.82, 2.24) is 9.29 Å². The quantitative estimate of drug-likeness (QED) is 0.298. The van der Waals surface area contributed by atoms with Crippen molar-refractivity contribution in [2.75, 3.05) is 37.5 Å². The van der Waals surface area contributed by atoms with E-state index < -0.39 is 21.7 Å². The molecule has 1 spiro atoms. The number of anilines is 1. The van der Waals surface area contributed by atoms with Crippen LogP contribution in [0.1, 0.15) is 83.4 Å². The minimum absolute atomic E-state index is 0.0341. The standard InChI is InChI=1S/C40H50N4O5S/c1-5-43-19-17-32(22-43)39(46)42-50(47)24-28(3)8-6-10-36(48-4)33-14-12-31(33)23-44-25-40(18-7-9-29-20-27(2)11-15-34(29)40)26-49-37-16-13-30(21-35(37)44)38(45)41-50/h6,10-11,13,15-17,19-22,28,31,33,36H,5,7-9,12,14,18,23-26H2,1-4H3,(H,41,42,45,46,47)/b10-6+/t28-,31-,33+,36-,40-,50?/m0/s1. The van der Waals surface area contributed by atoms with E-state index in [0.717, 1.165) is 56.6 Å². The Morgan fingerprint density at radius 3 is 2.80 bits per heavy atom. The number of carbonyl (C=O) groups is 2. The van der Waals surface area contributed by atoms with E-state index in [2.05, 4.69) is 51.3 Å². The molecule has 2 amide bonds. The smallest absolute Gasteiger partial charge is 0.286 e. The second-order valence-electron chi connectivity index (χ2n) is 15.0. The lowest BCUT2D eigenvalue weighted by Gasteiger charge is -2.46. The third-order valence-electron chi connectivity index (χ3n) is 11.3. The molecule has 1 saturated carbocycles. The number of fused-ring (bicyclic) bond motifs is 4. The van der Waals surface area contributed by atoms with Crippen molar-refractivity contribution in [3.63, 3.8) is 0 Å². The summed E-state index contributed by atoms with van der Waals surface area (Å²) in [5.41, 5.74) is 5.40. The van der Waals surface area contributed by atoms with Crippen LogP contribution in [0.25, 0.3) is 0 Å². The molecule has 0 radical (unpaired) electrons. The number of carbonyl (C=O) groups excluding carboxylic acids is 2. The molecule has 1 aromatic heterocycles. The summed E-state index contributed by atoms with van der Waals surface area (Å²) in [7, 11) is -1.70. The van der Waals surface area contributed by atoms with Gasteiger partial charge in [-0.3, -0.25) is 14.3 Å². The largest absolute Gasteiger partial charge is 0.490 e. The SMILES string of the molecule is CCn1ccc(C(=O)NS2(=O)=NC(=O)c3ccc4c(c3)N(C[C@@H]3CC[C@H]3[C@@H](OC)/C=C/C[C@H](C)C2)C[C@@]2(CCCc3cc(C)ccc32)CO4)c1. The predicted octanol–water partition coefficient (Wildman–Crippen LogP) is 6.88. The van der Waals surface area contributed by atoms with Crippen LogP contribution in [0.2, 0.25) is 0 Å². The maximum atomic E-state index is 14.5. The average molecular weight is 699 g/mol. The molecule has 2 aliphatic heterocycles. The van der Waals surface area contributed by atoms with Gasteiger partial charge in [-0.15, -0.1) is 4.36 Å².